The van der Waals surface area contributed by atoms with Gasteiger partial charge in [0.15, 0.2) is 0 Å². The van der Waals surface area contributed by atoms with Crippen molar-refractivity contribution in [2.24, 2.45) is 7.05 Å². The van der Waals surface area contributed by atoms with E-state index in [1.165, 1.54) is 5.56 Å². The van der Waals surface area contributed by atoms with Crippen molar-refractivity contribution in [2.45, 2.75) is 25.3 Å². The topological polar surface area (TPSA) is 70.5 Å². The Kier molecular flexibility index (Phi) is 8.67. The van der Waals surface area contributed by atoms with Gasteiger partial charge in [-0.05, 0) is 25.5 Å². The first-order chi connectivity index (χ1) is 13.6. The summed E-state index contributed by atoms with van der Waals surface area (Å²) in [5.74, 6) is 0.199. The molecule has 1 saturated heterocycles. The van der Waals surface area contributed by atoms with Crippen LogP contribution >= 0.6 is 12.4 Å². The summed E-state index contributed by atoms with van der Waals surface area (Å²) in [4.78, 5) is 29.4. The minimum Gasteiger partial charge on any atom is -0.341 e. The van der Waals surface area contributed by atoms with Crippen LogP contribution in [0, 0.1) is 0 Å². The van der Waals surface area contributed by atoms with Crippen LogP contribution in [0.2, 0.25) is 0 Å². The van der Waals surface area contributed by atoms with Crippen LogP contribution in [0.4, 0.5) is 0 Å². The minimum atomic E-state index is -0.408. The molecule has 0 aliphatic carbocycles. The van der Waals surface area contributed by atoms with Crippen molar-refractivity contribution in [3.8, 4) is 0 Å². The average molecular weight is 420 g/mol. The summed E-state index contributed by atoms with van der Waals surface area (Å²) in [5, 5.41) is 7.26. The van der Waals surface area contributed by atoms with E-state index >= 15 is 0 Å². The summed E-state index contributed by atoms with van der Waals surface area (Å²) in [7, 11) is 3.62. The van der Waals surface area contributed by atoms with Crippen molar-refractivity contribution < 1.29 is 9.59 Å². The van der Waals surface area contributed by atoms with Gasteiger partial charge in [-0.1, -0.05) is 30.3 Å². The number of hydrogen-bond donors (Lipinski definition) is 1. The Morgan fingerprint density at radius 3 is 2.45 bits per heavy atom. The Labute approximate surface area is 178 Å². The highest BCUT2D eigenvalue weighted by molar-refractivity contribution is 5.85. The molecule has 1 aliphatic heterocycles. The number of benzene rings is 1. The first-order valence-corrected chi connectivity index (χ1v) is 9.85. The zero-order valence-corrected chi connectivity index (χ0v) is 17.9. The van der Waals surface area contributed by atoms with E-state index in [0.29, 0.717) is 32.6 Å². The molecule has 2 aromatic rings. The molecule has 8 heteroatoms. The maximum atomic E-state index is 13.0. The molecule has 1 fully saturated rings. The van der Waals surface area contributed by atoms with Crippen molar-refractivity contribution in [3.63, 3.8) is 0 Å². The summed E-state index contributed by atoms with van der Waals surface area (Å²) >= 11 is 0. The smallest absolute Gasteiger partial charge is 0.244 e. The molecule has 0 saturated carbocycles. The van der Waals surface area contributed by atoms with Gasteiger partial charge in [0.25, 0.3) is 0 Å². The highest BCUT2D eigenvalue weighted by Gasteiger charge is 2.28. The molecule has 158 valence electrons. The quantitative estimate of drug-likeness (QED) is 0.775. The Morgan fingerprint density at radius 1 is 1.10 bits per heavy atom. The van der Waals surface area contributed by atoms with Gasteiger partial charge in [0.1, 0.15) is 6.04 Å². The fraction of sp³-hybridized carbons (Fsp3) is 0.476. The summed E-state index contributed by atoms with van der Waals surface area (Å²) < 4.78 is 1.70. The highest BCUT2D eigenvalue weighted by atomic mass is 35.5. The Hall–Kier alpha value is -2.38. The van der Waals surface area contributed by atoms with E-state index < -0.39 is 6.04 Å². The SMILES string of the molecule is CNC(C(=O)N1CCCN(C(=O)CCc2ccccc2)CC1)c1cnn(C)c1.Cl. The van der Waals surface area contributed by atoms with Gasteiger partial charge in [0.2, 0.25) is 11.8 Å². The zero-order chi connectivity index (χ0) is 19.9. The number of nitrogens with one attached hydrogen (secondary N) is 1. The van der Waals surface area contributed by atoms with Gasteiger partial charge < -0.3 is 15.1 Å². The molecule has 1 aromatic carbocycles. The second-order valence-electron chi connectivity index (χ2n) is 7.21. The van der Waals surface area contributed by atoms with Crippen LogP contribution in [0.1, 0.15) is 30.0 Å². The first-order valence-electron chi connectivity index (χ1n) is 9.85. The number of amides is 2. The van der Waals surface area contributed by atoms with Crippen LogP contribution in [0.25, 0.3) is 0 Å². The lowest BCUT2D eigenvalue weighted by molar-refractivity contribution is -0.135. The monoisotopic (exact) mass is 419 g/mol. The second-order valence-corrected chi connectivity index (χ2v) is 7.21. The molecule has 1 unspecified atom stereocenters. The third kappa shape index (κ3) is 6.05. The van der Waals surface area contributed by atoms with Gasteiger partial charge in [-0.25, -0.2) is 0 Å². The maximum absolute atomic E-state index is 13.0. The van der Waals surface area contributed by atoms with Crippen LogP contribution in [-0.4, -0.2) is 64.6 Å². The molecule has 1 N–H and O–H groups in total. The van der Waals surface area contributed by atoms with E-state index in [0.717, 1.165) is 18.4 Å². The van der Waals surface area contributed by atoms with Gasteiger partial charge in [-0.3, -0.25) is 14.3 Å². The average Bonchev–Trinajstić information content (AvgIpc) is 2.99. The van der Waals surface area contributed by atoms with Crippen LogP contribution < -0.4 is 5.32 Å². The summed E-state index contributed by atoms with van der Waals surface area (Å²) in [6, 6.07) is 9.66. The number of likely N-dealkylation sites (N-methyl/N-ethyl adjacent to an activating group) is 1. The predicted octanol–water partition coefficient (Wildman–Crippen LogP) is 1.80. The predicted molar refractivity (Wildman–Crippen MR) is 115 cm³/mol. The van der Waals surface area contributed by atoms with Crippen LogP contribution in [0.3, 0.4) is 0 Å². The van der Waals surface area contributed by atoms with Gasteiger partial charge in [0, 0.05) is 51.4 Å². The molecule has 1 atom stereocenters. The molecule has 29 heavy (non-hydrogen) atoms. The van der Waals surface area contributed by atoms with Crippen molar-refractivity contribution >= 4 is 24.2 Å². The van der Waals surface area contributed by atoms with Gasteiger partial charge in [-0.2, -0.15) is 5.10 Å². The number of carbonyl (C=O) groups excluding carboxylic acids is 2. The van der Waals surface area contributed by atoms with Crippen LogP contribution in [0.5, 0.6) is 0 Å². The van der Waals surface area contributed by atoms with E-state index in [4.69, 9.17) is 0 Å². The second kappa shape index (κ2) is 11.0. The van der Waals surface area contributed by atoms with E-state index in [-0.39, 0.29) is 24.2 Å². The van der Waals surface area contributed by atoms with Gasteiger partial charge in [-0.15, -0.1) is 12.4 Å². The van der Waals surface area contributed by atoms with Crippen molar-refractivity contribution in [1.29, 1.82) is 0 Å². The lowest BCUT2D eigenvalue weighted by Gasteiger charge is -2.26. The minimum absolute atomic E-state index is 0. The standard InChI is InChI=1S/C21H29N5O2.ClH/c1-22-20(18-15-23-24(2)16-18)21(28)26-12-6-11-25(13-14-26)19(27)10-9-17-7-4-3-5-8-17;/h3-5,7-8,15-16,20,22H,6,9-14H2,1-2H3;1H. The number of nitrogens with zero attached hydrogens (tertiary/aromatic N) is 4. The first kappa shape index (κ1) is 22.9. The van der Waals surface area contributed by atoms with Crippen LogP contribution in [-0.2, 0) is 23.1 Å². The number of halogens is 1. The molecule has 2 amide bonds. The molecule has 0 bridgehead atoms. The van der Waals surface area contributed by atoms with Crippen LogP contribution in [0.15, 0.2) is 42.7 Å². The van der Waals surface area contributed by atoms with E-state index in [1.54, 1.807) is 17.9 Å². The normalized spacial score (nSPS) is 15.4. The lowest BCUT2D eigenvalue weighted by Crippen LogP contribution is -2.42. The Bertz CT molecular complexity index is 795. The van der Waals surface area contributed by atoms with Crippen molar-refractivity contribution in [2.75, 3.05) is 33.2 Å². The fourth-order valence-electron chi connectivity index (χ4n) is 3.65. The summed E-state index contributed by atoms with van der Waals surface area (Å²) in [6.45, 7) is 2.52. The number of rotatable bonds is 6. The molecular formula is C21H30ClN5O2. The van der Waals surface area contributed by atoms with E-state index in [9.17, 15) is 9.59 Å². The lowest BCUT2D eigenvalue weighted by atomic mass is 10.1. The molecule has 1 aliphatic rings. The summed E-state index contributed by atoms with van der Waals surface area (Å²) in [6.07, 6.45) is 5.63. The number of hydrogen-bond acceptors (Lipinski definition) is 4. The molecule has 7 nitrogen and oxygen atoms in total. The Morgan fingerprint density at radius 2 is 1.79 bits per heavy atom. The van der Waals surface area contributed by atoms with Gasteiger partial charge >= 0.3 is 0 Å². The van der Waals surface area contributed by atoms with E-state index in [2.05, 4.69) is 10.4 Å². The van der Waals surface area contributed by atoms with Crippen molar-refractivity contribution in [3.05, 3.63) is 53.9 Å². The summed E-state index contributed by atoms with van der Waals surface area (Å²) in [5.41, 5.74) is 2.03. The molecule has 2 heterocycles. The molecule has 0 radical (unpaired) electrons. The number of carbonyl (C=O) groups is 2. The van der Waals surface area contributed by atoms with Crippen molar-refractivity contribution in [1.82, 2.24) is 24.9 Å². The van der Waals surface area contributed by atoms with E-state index in [1.807, 2.05) is 53.4 Å². The molecule has 1 aromatic heterocycles. The highest BCUT2D eigenvalue weighted by Crippen LogP contribution is 2.17. The third-order valence-electron chi connectivity index (χ3n) is 5.22. The Balaban J connectivity index is 0.00000300. The fourth-order valence-corrected chi connectivity index (χ4v) is 3.65. The zero-order valence-electron chi connectivity index (χ0n) is 17.1. The number of aryl methyl sites for hydroxylation is 2. The molecule has 3 rings (SSSR count). The molecular weight excluding hydrogens is 390 g/mol. The largest absolute Gasteiger partial charge is 0.341 e. The molecule has 0 spiro atoms. The maximum Gasteiger partial charge on any atom is 0.244 e. The van der Waals surface area contributed by atoms with Gasteiger partial charge in [0.05, 0.1) is 6.20 Å². The third-order valence-corrected chi connectivity index (χ3v) is 5.22. The number of aromatic nitrogens is 2.